The highest BCUT2D eigenvalue weighted by Crippen LogP contribution is 2.51. The molecule has 6 aliphatic rings. The van der Waals surface area contributed by atoms with Crippen molar-refractivity contribution in [3.63, 3.8) is 0 Å². The summed E-state index contributed by atoms with van der Waals surface area (Å²) in [4.78, 5) is 0. The van der Waals surface area contributed by atoms with Crippen LogP contribution in [0.5, 0.6) is 0 Å². The summed E-state index contributed by atoms with van der Waals surface area (Å²) in [6, 6.07) is 27.7. The van der Waals surface area contributed by atoms with Crippen molar-refractivity contribution in [1.29, 1.82) is 0 Å². The second kappa shape index (κ2) is 16.4. The summed E-state index contributed by atoms with van der Waals surface area (Å²) in [5.74, 6) is 1.77. The minimum atomic E-state index is 0.227. The number of rotatable bonds is 6. The Morgan fingerprint density at radius 1 is 0.649 bits per heavy atom. The first-order valence-electron chi connectivity index (χ1n) is 21.2. The third kappa shape index (κ3) is 7.71. The Balaban J connectivity index is 0.884. The highest BCUT2D eigenvalue weighted by Gasteiger charge is 2.35. The first-order valence-corrected chi connectivity index (χ1v) is 21.2. The Labute approximate surface area is 341 Å². The Hall–Kier alpha value is -5.72. The van der Waals surface area contributed by atoms with Crippen LogP contribution in [-0.4, -0.2) is 0 Å². The molecule has 5 unspecified atom stereocenters. The number of hydrogen-bond acceptors (Lipinski definition) is 0. The van der Waals surface area contributed by atoms with Gasteiger partial charge in [0, 0.05) is 17.8 Å². The Kier molecular flexibility index (Phi) is 10.6. The molecule has 3 aromatic carbocycles. The zero-order valence-electron chi connectivity index (χ0n) is 33.7. The summed E-state index contributed by atoms with van der Waals surface area (Å²) in [6.07, 6.45) is 47.7. The molecule has 0 radical (unpaired) electrons. The fourth-order valence-corrected chi connectivity index (χ4v) is 10.0. The summed E-state index contributed by atoms with van der Waals surface area (Å²) < 4.78 is 0. The lowest BCUT2D eigenvalue weighted by atomic mass is 9.75. The molecule has 282 valence electrons. The topological polar surface area (TPSA) is 0 Å². The van der Waals surface area contributed by atoms with E-state index in [0.717, 1.165) is 32.1 Å². The molecule has 0 aromatic heterocycles. The lowest BCUT2D eigenvalue weighted by Crippen LogP contribution is -2.13. The van der Waals surface area contributed by atoms with Crippen LogP contribution in [0.15, 0.2) is 216 Å². The van der Waals surface area contributed by atoms with Crippen molar-refractivity contribution in [2.75, 3.05) is 0 Å². The molecule has 0 heterocycles. The molecule has 0 amide bonds. The Morgan fingerprint density at radius 3 is 2.25 bits per heavy atom. The van der Waals surface area contributed by atoms with Crippen LogP contribution in [-0.2, 0) is 6.42 Å². The maximum absolute atomic E-state index is 2.58. The van der Waals surface area contributed by atoms with Crippen LogP contribution in [0.2, 0.25) is 0 Å². The normalized spacial score (nSPS) is 30.3. The zero-order valence-corrected chi connectivity index (χ0v) is 33.7. The molecule has 0 nitrogen and oxygen atoms in total. The van der Waals surface area contributed by atoms with Gasteiger partial charge < -0.3 is 0 Å². The highest BCUT2D eigenvalue weighted by atomic mass is 14.4. The van der Waals surface area contributed by atoms with E-state index in [1.54, 1.807) is 0 Å². The van der Waals surface area contributed by atoms with Crippen LogP contribution < -0.4 is 0 Å². The van der Waals surface area contributed by atoms with Crippen LogP contribution in [0, 0.1) is 17.8 Å². The summed E-state index contributed by atoms with van der Waals surface area (Å²) in [7, 11) is 0. The SMILES string of the molecule is C/C=C1\C=C/CC(C)=C(C2=C(C)CC(Cc3ccc(C4=CCC(CC5=C/C6/C=C/C=C\C=C7\c8ccccc8C(\C=C\5)c5ccccc5C76)C=C4)cc3)C=C2)/C=C\1. The standard InChI is InChI=1S/C57H54/c1-4-41-14-12-13-39(2)49(32-25-41)50-33-26-44(35-40(50)3)36-42-21-28-46(29-22-42)47-30-23-43(24-31-47)37-45-27-34-54-51-16-8-9-17-52(51)55-19-7-5-6-15-48(38-45)57(55)56-20-11-10-18-53(54)56/h4-12,14-23,25-34,38,43-44,48,54,57H,13,24,35-37H2,1-3H3/b7-5-,14-12-,15-6+,32-25-,34-27+,41-4+,45-38+,49-39?,55-19-. The van der Waals surface area contributed by atoms with E-state index in [1.807, 2.05) is 0 Å². The highest BCUT2D eigenvalue weighted by molar-refractivity contribution is 5.80. The summed E-state index contributed by atoms with van der Waals surface area (Å²) in [5, 5.41) is 0. The summed E-state index contributed by atoms with van der Waals surface area (Å²) in [6.45, 7) is 6.72. The minimum absolute atomic E-state index is 0.227. The molecular formula is C57H54. The van der Waals surface area contributed by atoms with Crippen molar-refractivity contribution in [1.82, 2.24) is 0 Å². The van der Waals surface area contributed by atoms with Crippen LogP contribution in [0.1, 0.15) is 91.7 Å². The van der Waals surface area contributed by atoms with E-state index >= 15 is 0 Å². The first-order chi connectivity index (χ1) is 28.0. The molecule has 0 heteroatoms. The van der Waals surface area contributed by atoms with Crippen LogP contribution in [0.25, 0.3) is 11.1 Å². The van der Waals surface area contributed by atoms with Crippen molar-refractivity contribution in [2.24, 2.45) is 17.8 Å². The summed E-state index contributed by atoms with van der Waals surface area (Å²) >= 11 is 0. The molecular weight excluding hydrogens is 685 g/mol. The molecule has 2 bridgehead atoms. The third-order valence-corrected chi connectivity index (χ3v) is 13.0. The van der Waals surface area contributed by atoms with Gasteiger partial charge in [0.05, 0.1) is 0 Å². The molecule has 57 heavy (non-hydrogen) atoms. The van der Waals surface area contributed by atoms with Gasteiger partial charge in [-0.05, 0) is 126 Å². The quantitative estimate of drug-likeness (QED) is 0.236. The molecule has 0 fully saturated rings. The Morgan fingerprint density at radius 2 is 1.44 bits per heavy atom. The number of allylic oxidation sites excluding steroid dienone is 26. The maximum Gasteiger partial charge on any atom is 0.0281 e. The lowest BCUT2D eigenvalue weighted by molar-refractivity contribution is 0.628. The largest absolute Gasteiger partial charge is 0.0804 e. The van der Waals surface area contributed by atoms with Crippen molar-refractivity contribution < 1.29 is 0 Å². The third-order valence-electron chi connectivity index (χ3n) is 13.0. The molecule has 5 atom stereocenters. The van der Waals surface area contributed by atoms with E-state index in [-0.39, 0.29) is 17.8 Å². The van der Waals surface area contributed by atoms with Crippen molar-refractivity contribution >= 4 is 11.1 Å². The van der Waals surface area contributed by atoms with E-state index in [4.69, 9.17) is 0 Å². The van der Waals surface area contributed by atoms with Crippen molar-refractivity contribution in [2.45, 2.75) is 64.7 Å². The van der Waals surface area contributed by atoms with Gasteiger partial charge in [-0.15, -0.1) is 0 Å². The molecule has 0 aliphatic heterocycles. The molecule has 3 aromatic rings. The monoisotopic (exact) mass is 738 g/mol. The predicted molar refractivity (Wildman–Crippen MR) is 244 cm³/mol. The van der Waals surface area contributed by atoms with Crippen LogP contribution in [0.4, 0.5) is 0 Å². The minimum Gasteiger partial charge on any atom is -0.0804 e. The average Bonchev–Trinajstić information content (AvgIpc) is 3.28. The van der Waals surface area contributed by atoms with Gasteiger partial charge in [-0.1, -0.05) is 199 Å². The fourth-order valence-electron chi connectivity index (χ4n) is 10.0. The van der Waals surface area contributed by atoms with Crippen molar-refractivity contribution in [3.8, 4) is 0 Å². The number of fused-ring (bicyclic) bond motifs is 3. The van der Waals surface area contributed by atoms with Gasteiger partial charge in [0.1, 0.15) is 0 Å². The van der Waals surface area contributed by atoms with Gasteiger partial charge in [-0.3, -0.25) is 0 Å². The van der Waals surface area contributed by atoms with E-state index in [9.17, 15) is 0 Å². The van der Waals surface area contributed by atoms with Gasteiger partial charge in [0.2, 0.25) is 0 Å². The second-order valence-electron chi connectivity index (χ2n) is 16.8. The Bertz CT molecular complexity index is 2460. The first kappa shape index (κ1) is 36.9. The second-order valence-corrected chi connectivity index (χ2v) is 16.8. The number of hydrogen-bond donors (Lipinski definition) is 0. The van der Waals surface area contributed by atoms with Crippen molar-refractivity contribution in [3.05, 3.63) is 249 Å². The molecule has 0 saturated heterocycles. The molecule has 0 spiro atoms. The van der Waals surface area contributed by atoms with Gasteiger partial charge in [-0.25, -0.2) is 0 Å². The maximum atomic E-state index is 2.58. The average molecular weight is 739 g/mol. The van der Waals surface area contributed by atoms with Gasteiger partial charge in [0.15, 0.2) is 0 Å². The molecule has 0 N–H and O–H groups in total. The lowest BCUT2D eigenvalue weighted by Gasteiger charge is -2.28. The van der Waals surface area contributed by atoms with E-state index in [1.165, 1.54) is 78.0 Å². The molecule has 9 rings (SSSR count). The van der Waals surface area contributed by atoms with E-state index in [2.05, 4.69) is 203 Å². The zero-order chi connectivity index (χ0) is 38.7. The smallest absolute Gasteiger partial charge is 0.0281 e. The number of benzene rings is 3. The van der Waals surface area contributed by atoms with Gasteiger partial charge in [-0.2, -0.15) is 0 Å². The van der Waals surface area contributed by atoms with E-state index in [0.29, 0.717) is 11.8 Å². The molecule has 6 aliphatic carbocycles. The van der Waals surface area contributed by atoms with Gasteiger partial charge >= 0.3 is 0 Å². The summed E-state index contributed by atoms with van der Waals surface area (Å²) in [5.41, 5.74) is 19.6. The van der Waals surface area contributed by atoms with E-state index < -0.39 is 0 Å². The van der Waals surface area contributed by atoms with Crippen LogP contribution in [0.3, 0.4) is 0 Å². The fraction of sp³-hybridized carbons (Fsp3) is 0.228. The van der Waals surface area contributed by atoms with Gasteiger partial charge in [0.25, 0.3) is 0 Å². The van der Waals surface area contributed by atoms with Crippen LogP contribution >= 0.6 is 0 Å². The molecule has 0 saturated carbocycles. The predicted octanol–water partition coefficient (Wildman–Crippen LogP) is 14.8.